The lowest BCUT2D eigenvalue weighted by Gasteiger charge is -2.12. The Morgan fingerprint density at radius 1 is 1.18 bits per heavy atom. The van der Waals surface area contributed by atoms with Gasteiger partial charge in [-0.3, -0.25) is 9.59 Å². The number of pyridine rings is 1. The maximum absolute atomic E-state index is 12.7. The van der Waals surface area contributed by atoms with E-state index in [0.29, 0.717) is 21.3 Å². The fourth-order valence-electron chi connectivity index (χ4n) is 3.71. The van der Waals surface area contributed by atoms with Gasteiger partial charge in [0.15, 0.2) is 0 Å². The Kier molecular flexibility index (Phi) is 7.94. The largest absolute Gasteiger partial charge is 0.380 e. The van der Waals surface area contributed by atoms with Gasteiger partial charge in [0.25, 0.3) is 11.5 Å². The minimum Gasteiger partial charge on any atom is -0.380 e. The van der Waals surface area contributed by atoms with Gasteiger partial charge in [-0.2, -0.15) is 10.4 Å². The molecule has 3 aromatic rings. The summed E-state index contributed by atoms with van der Waals surface area (Å²) in [5.74, 6) is -0.497. The van der Waals surface area contributed by atoms with Gasteiger partial charge >= 0.3 is 0 Å². The van der Waals surface area contributed by atoms with Gasteiger partial charge in [0.05, 0.1) is 22.9 Å². The van der Waals surface area contributed by atoms with E-state index in [1.807, 2.05) is 36.6 Å². The number of aryl methyl sites for hydroxylation is 2. The average molecular weight is 500 g/mol. The molecule has 0 spiro atoms. The molecular formula is C24H23Cl2N5O3. The van der Waals surface area contributed by atoms with Crippen molar-refractivity contribution in [3.8, 4) is 11.8 Å². The van der Waals surface area contributed by atoms with Crippen molar-refractivity contribution in [3.05, 3.63) is 84.5 Å². The molecule has 3 rings (SSSR count). The number of hydrogen-bond acceptors (Lipinski definition) is 5. The Balaban J connectivity index is 1.77. The van der Waals surface area contributed by atoms with Crippen LogP contribution in [0.1, 0.15) is 33.8 Å². The molecule has 2 aromatic heterocycles. The average Bonchev–Trinajstić information content (AvgIpc) is 3.06. The molecule has 0 aliphatic carbocycles. The molecule has 0 unspecified atom stereocenters. The van der Waals surface area contributed by atoms with E-state index in [-0.39, 0.29) is 18.7 Å². The van der Waals surface area contributed by atoms with Crippen molar-refractivity contribution >= 4 is 35.3 Å². The first kappa shape index (κ1) is 25.2. The van der Waals surface area contributed by atoms with E-state index in [1.165, 1.54) is 17.9 Å². The van der Waals surface area contributed by atoms with Crippen LogP contribution in [0.2, 0.25) is 10.0 Å². The van der Waals surface area contributed by atoms with E-state index in [0.717, 1.165) is 22.6 Å². The predicted molar refractivity (Wildman–Crippen MR) is 132 cm³/mol. The Morgan fingerprint density at radius 3 is 2.56 bits per heavy atom. The van der Waals surface area contributed by atoms with Crippen LogP contribution < -0.4 is 11.0 Å². The van der Waals surface area contributed by atoms with Crippen LogP contribution in [0.3, 0.4) is 0 Å². The normalized spacial score (nSPS) is 11.1. The zero-order chi connectivity index (χ0) is 25.0. The molecule has 8 nitrogen and oxygen atoms in total. The summed E-state index contributed by atoms with van der Waals surface area (Å²) in [5, 5.41) is 14.3. The second kappa shape index (κ2) is 10.7. The molecule has 10 heteroatoms. The van der Waals surface area contributed by atoms with Crippen LogP contribution in [0.4, 0.5) is 0 Å². The van der Waals surface area contributed by atoms with Crippen LogP contribution in [0.25, 0.3) is 5.69 Å². The SMILES string of the molecule is COCc1cc(C)n(CC(=O)N/N=C/c2cc(C)n(-c3ccc(Cl)c(Cl)c3)c2C)c(=O)c1C#N. The van der Waals surface area contributed by atoms with Crippen LogP contribution in [0.15, 0.2) is 40.2 Å². The number of rotatable bonds is 7. The number of methoxy groups -OCH3 is 1. The lowest BCUT2D eigenvalue weighted by atomic mass is 10.1. The molecule has 0 atom stereocenters. The minimum atomic E-state index is -0.543. The van der Waals surface area contributed by atoms with E-state index in [4.69, 9.17) is 27.9 Å². The lowest BCUT2D eigenvalue weighted by Crippen LogP contribution is -2.33. The van der Waals surface area contributed by atoms with E-state index in [9.17, 15) is 14.9 Å². The fourth-order valence-corrected chi connectivity index (χ4v) is 4.01. The van der Waals surface area contributed by atoms with E-state index in [1.54, 1.807) is 25.1 Å². The summed E-state index contributed by atoms with van der Waals surface area (Å²) < 4.78 is 8.28. The molecule has 0 fully saturated rings. The molecule has 0 bridgehead atoms. The second-order valence-electron chi connectivity index (χ2n) is 7.68. The summed E-state index contributed by atoms with van der Waals surface area (Å²) in [5.41, 5.74) is 6.38. The van der Waals surface area contributed by atoms with E-state index in [2.05, 4.69) is 10.5 Å². The zero-order valence-corrected chi connectivity index (χ0v) is 20.7. The standard InChI is InChI=1S/C24H23Cl2N5O3/c1-14-7-18(13-34-4)20(10-27)24(33)30(14)12-23(32)29-28-11-17-8-15(2)31(16(17)3)19-5-6-21(25)22(26)9-19/h5-9,11H,12-13H2,1-4H3,(H,29,32)/b28-11+. The van der Waals surface area contributed by atoms with Gasteiger partial charge in [0, 0.05) is 41.0 Å². The minimum absolute atomic E-state index is 0.0431. The highest BCUT2D eigenvalue weighted by atomic mass is 35.5. The van der Waals surface area contributed by atoms with Gasteiger partial charge in [0.1, 0.15) is 18.2 Å². The van der Waals surface area contributed by atoms with Gasteiger partial charge in [-0.05, 0) is 51.1 Å². The number of carbonyl (C=O) groups is 1. The Morgan fingerprint density at radius 2 is 1.91 bits per heavy atom. The van der Waals surface area contributed by atoms with Crippen LogP contribution in [-0.4, -0.2) is 28.4 Å². The van der Waals surface area contributed by atoms with E-state index < -0.39 is 11.5 Å². The molecular weight excluding hydrogens is 477 g/mol. The third-order valence-electron chi connectivity index (χ3n) is 5.33. The first-order chi connectivity index (χ1) is 16.2. The van der Waals surface area contributed by atoms with Crippen LogP contribution in [0, 0.1) is 32.1 Å². The van der Waals surface area contributed by atoms with Gasteiger partial charge in [0.2, 0.25) is 0 Å². The van der Waals surface area contributed by atoms with Crippen LogP contribution in [-0.2, 0) is 22.7 Å². The first-order valence-electron chi connectivity index (χ1n) is 10.3. The maximum Gasteiger partial charge on any atom is 0.269 e. The van der Waals surface area contributed by atoms with Crippen molar-refractivity contribution in [1.82, 2.24) is 14.6 Å². The molecule has 0 radical (unpaired) electrons. The van der Waals surface area contributed by atoms with E-state index >= 15 is 0 Å². The summed E-state index contributed by atoms with van der Waals surface area (Å²) in [4.78, 5) is 25.1. The molecule has 1 N–H and O–H groups in total. The third kappa shape index (κ3) is 5.23. The molecule has 1 amide bonds. The van der Waals surface area contributed by atoms with Gasteiger partial charge < -0.3 is 13.9 Å². The van der Waals surface area contributed by atoms with Crippen molar-refractivity contribution in [2.75, 3.05) is 7.11 Å². The Hall–Kier alpha value is -3.38. The number of aromatic nitrogens is 2. The van der Waals surface area contributed by atoms with Crippen molar-refractivity contribution in [1.29, 1.82) is 5.26 Å². The molecule has 2 heterocycles. The number of benzene rings is 1. The number of nitriles is 1. The summed E-state index contributed by atoms with van der Waals surface area (Å²) in [6.07, 6.45) is 1.53. The Labute approximate surface area is 207 Å². The number of nitrogens with one attached hydrogen (secondary N) is 1. The molecule has 34 heavy (non-hydrogen) atoms. The first-order valence-corrected chi connectivity index (χ1v) is 11.0. The number of amides is 1. The van der Waals surface area contributed by atoms with Gasteiger partial charge in [-0.15, -0.1) is 0 Å². The van der Waals surface area contributed by atoms with Crippen molar-refractivity contribution in [3.63, 3.8) is 0 Å². The van der Waals surface area contributed by atoms with Crippen molar-refractivity contribution < 1.29 is 9.53 Å². The van der Waals surface area contributed by atoms with Crippen LogP contribution in [0.5, 0.6) is 0 Å². The predicted octanol–water partition coefficient (Wildman–Crippen LogP) is 4.04. The second-order valence-corrected chi connectivity index (χ2v) is 8.49. The van der Waals surface area contributed by atoms with Crippen molar-refractivity contribution in [2.45, 2.75) is 33.9 Å². The van der Waals surface area contributed by atoms with Gasteiger partial charge in [-0.1, -0.05) is 23.2 Å². The number of nitrogens with zero attached hydrogens (tertiary/aromatic N) is 4. The summed E-state index contributed by atoms with van der Waals surface area (Å²) in [6.45, 7) is 5.42. The molecule has 1 aromatic carbocycles. The number of ether oxygens (including phenoxy) is 1. The summed E-state index contributed by atoms with van der Waals surface area (Å²) in [6, 6.07) is 10.9. The third-order valence-corrected chi connectivity index (χ3v) is 6.07. The topological polar surface area (TPSA) is 101 Å². The molecule has 0 saturated heterocycles. The monoisotopic (exact) mass is 499 g/mol. The number of halogens is 2. The lowest BCUT2D eigenvalue weighted by molar-refractivity contribution is -0.121. The number of carbonyl (C=O) groups excluding carboxylic acids is 1. The summed E-state index contributed by atoms with van der Waals surface area (Å²) in [7, 11) is 1.48. The quantitative estimate of drug-likeness (QED) is 0.391. The maximum atomic E-state index is 12.7. The molecule has 176 valence electrons. The zero-order valence-electron chi connectivity index (χ0n) is 19.1. The van der Waals surface area contributed by atoms with Gasteiger partial charge in [-0.25, -0.2) is 5.43 Å². The molecule has 0 aliphatic rings. The molecule has 0 saturated carbocycles. The van der Waals surface area contributed by atoms with Crippen molar-refractivity contribution in [2.24, 2.45) is 5.10 Å². The molecule has 0 aliphatic heterocycles. The highest BCUT2D eigenvalue weighted by molar-refractivity contribution is 6.42. The highest BCUT2D eigenvalue weighted by Crippen LogP contribution is 2.27. The number of hydrogen-bond donors (Lipinski definition) is 1. The number of hydrazone groups is 1. The highest BCUT2D eigenvalue weighted by Gasteiger charge is 2.15. The smallest absolute Gasteiger partial charge is 0.269 e. The fraction of sp³-hybridized carbons (Fsp3) is 0.250. The Bertz CT molecular complexity index is 1380. The van der Waals surface area contributed by atoms with Crippen LogP contribution >= 0.6 is 23.2 Å². The summed E-state index contributed by atoms with van der Waals surface area (Å²) >= 11 is 12.2.